The molecule has 1 aliphatic carbocycles. The predicted octanol–water partition coefficient (Wildman–Crippen LogP) is -0.118. The number of Topliss-reactive ketones (excluding diaryl/α,β-unsaturated/α-hetero) is 1. The van der Waals surface area contributed by atoms with Crippen molar-refractivity contribution in [3.05, 3.63) is 0 Å². The molecule has 0 aliphatic heterocycles. The van der Waals surface area contributed by atoms with Gasteiger partial charge < -0.3 is 5.73 Å². The molecule has 2 atom stereocenters. The topological polar surface area (TPSA) is 60.2 Å². The molecule has 0 amide bonds. The van der Waals surface area contributed by atoms with Gasteiger partial charge in [0.1, 0.15) is 0 Å². The molecule has 1 saturated carbocycles. The second-order valence-corrected chi connectivity index (χ2v) is 2.83. The number of hydrogen-bond donors (Lipinski definition) is 1. The van der Waals surface area contributed by atoms with Crippen molar-refractivity contribution in [3.63, 3.8) is 0 Å². The zero-order valence-electron chi connectivity index (χ0n) is 5.96. The van der Waals surface area contributed by atoms with Crippen LogP contribution in [0.25, 0.3) is 0 Å². The summed E-state index contributed by atoms with van der Waals surface area (Å²) in [7, 11) is 0. The van der Waals surface area contributed by atoms with E-state index >= 15 is 0 Å². The van der Waals surface area contributed by atoms with Gasteiger partial charge in [-0.3, -0.25) is 9.59 Å². The normalized spacial score (nSPS) is 37.2. The Hall–Kier alpha value is -0.700. The Labute approximate surface area is 59.6 Å². The Bertz CT molecular complexity index is 178. The predicted molar refractivity (Wildman–Crippen MR) is 36.4 cm³/mol. The highest BCUT2D eigenvalue weighted by atomic mass is 16.2. The van der Waals surface area contributed by atoms with Gasteiger partial charge in [-0.15, -0.1) is 0 Å². The summed E-state index contributed by atoms with van der Waals surface area (Å²) < 4.78 is 0. The largest absolute Gasteiger partial charge is 0.318 e. The monoisotopic (exact) mass is 141 g/mol. The lowest BCUT2D eigenvalue weighted by Gasteiger charge is -2.01. The number of carbonyl (C=O) groups excluding carboxylic acids is 2. The van der Waals surface area contributed by atoms with E-state index in [0.29, 0.717) is 12.7 Å². The Kier molecular flexibility index (Phi) is 1.60. The van der Waals surface area contributed by atoms with Gasteiger partial charge >= 0.3 is 0 Å². The van der Waals surface area contributed by atoms with Crippen LogP contribution in [0.2, 0.25) is 0 Å². The minimum atomic E-state index is -0.781. The van der Waals surface area contributed by atoms with Crippen molar-refractivity contribution in [1.82, 2.24) is 0 Å². The minimum absolute atomic E-state index is 0.241. The Morgan fingerprint density at radius 2 is 2.50 bits per heavy atom. The van der Waals surface area contributed by atoms with E-state index in [9.17, 15) is 9.59 Å². The lowest BCUT2D eigenvalue weighted by Crippen LogP contribution is -2.36. The molecule has 0 aromatic carbocycles. The summed E-state index contributed by atoms with van der Waals surface area (Å²) in [5.74, 6) is -0.204. The molecule has 3 heteroatoms. The van der Waals surface area contributed by atoms with E-state index in [2.05, 4.69) is 0 Å². The van der Waals surface area contributed by atoms with Crippen LogP contribution < -0.4 is 5.73 Å². The smallest absolute Gasteiger partial charge is 0.215 e. The molecule has 0 heterocycles. The highest BCUT2D eigenvalue weighted by Gasteiger charge is 2.55. The average molecular weight is 141 g/mol. The maximum atomic E-state index is 10.8. The number of nitrogens with two attached hydrogens (primary N) is 1. The molecular formula is C7H11NO2. The summed E-state index contributed by atoms with van der Waals surface area (Å²) in [5, 5.41) is 0. The standard InChI is InChI=1S/C7H11NO2/c1-2-5-3-7(5,8)6(10)4-9/h4-5H,2-3,8H2,1H3/t5-,7+/m1/s1. The fourth-order valence-electron chi connectivity index (χ4n) is 1.27. The van der Waals surface area contributed by atoms with Gasteiger partial charge in [0, 0.05) is 0 Å². The van der Waals surface area contributed by atoms with Crippen LogP contribution in [-0.4, -0.2) is 17.6 Å². The molecule has 0 aromatic rings. The second kappa shape index (κ2) is 2.16. The van der Waals surface area contributed by atoms with E-state index in [4.69, 9.17) is 5.73 Å². The van der Waals surface area contributed by atoms with Crippen molar-refractivity contribution in [2.45, 2.75) is 25.3 Å². The van der Waals surface area contributed by atoms with Crippen molar-refractivity contribution in [3.8, 4) is 0 Å². The SMILES string of the molecule is CC[C@@H]1C[C@@]1(N)C(=O)C=O. The van der Waals surface area contributed by atoms with Gasteiger partial charge in [-0.2, -0.15) is 0 Å². The lowest BCUT2D eigenvalue weighted by molar-refractivity contribution is -0.131. The van der Waals surface area contributed by atoms with E-state index in [1.807, 2.05) is 6.92 Å². The highest BCUT2D eigenvalue weighted by Crippen LogP contribution is 2.43. The van der Waals surface area contributed by atoms with Crippen molar-refractivity contribution in [2.75, 3.05) is 0 Å². The van der Waals surface area contributed by atoms with E-state index < -0.39 is 11.3 Å². The van der Waals surface area contributed by atoms with Gasteiger partial charge in [-0.05, 0) is 12.3 Å². The fraction of sp³-hybridized carbons (Fsp3) is 0.714. The molecule has 0 aromatic heterocycles. The first kappa shape index (κ1) is 7.41. The summed E-state index contributed by atoms with van der Waals surface area (Å²) in [4.78, 5) is 20.8. The van der Waals surface area contributed by atoms with Crippen LogP contribution >= 0.6 is 0 Å². The zero-order chi connectivity index (χ0) is 7.78. The van der Waals surface area contributed by atoms with Gasteiger partial charge in [0.15, 0.2) is 6.29 Å². The number of ketones is 1. The third kappa shape index (κ3) is 0.865. The quantitative estimate of drug-likeness (QED) is 0.440. The molecule has 56 valence electrons. The summed E-state index contributed by atoms with van der Waals surface area (Å²) in [5.41, 5.74) is 4.79. The van der Waals surface area contributed by atoms with Crippen LogP contribution in [0.3, 0.4) is 0 Å². The molecule has 10 heavy (non-hydrogen) atoms. The van der Waals surface area contributed by atoms with Crippen LogP contribution in [0.4, 0.5) is 0 Å². The number of carbonyl (C=O) groups is 2. The molecular weight excluding hydrogens is 130 g/mol. The van der Waals surface area contributed by atoms with Gasteiger partial charge in [0.2, 0.25) is 5.78 Å². The molecule has 0 radical (unpaired) electrons. The number of hydrogen-bond acceptors (Lipinski definition) is 3. The number of rotatable bonds is 3. The molecule has 0 spiro atoms. The van der Waals surface area contributed by atoms with Gasteiger partial charge in [-0.25, -0.2) is 0 Å². The zero-order valence-corrected chi connectivity index (χ0v) is 5.96. The Morgan fingerprint density at radius 3 is 2.80 bits per heavy atom. The van der Waals surface area contributed by atoms with Crippen LogP contribution in [0, 0.1) is 5.92 Å². The maximum absolute atomic E-state index is 10.8. The lowest BCUT2D eigenvalue weighted by atomic mass is 10.1. The van der Waals surface area contributed by atoms with E-state index in [-0.39, 0.29) is 5.92 Å². The molecule has 0 saturated heterocycles. The molecule has 0 bridgehead atoms. The molecule has 1 fully saturated rings. The van der Waals surface area contributed by atoms with Gasteiger partial charge in [-0.1, -0.05) is 13.3 Å². The minimum Gasteiger partial charge on any atom is -0.318 e. The van der Waals surface area contributed by atoms with E-state index in [0.717, 1.165) is 6.42 Å². The van der Waals surface area contributed by atoms with E-state index in [1.54, 1.807) is 0 Å². The van der Waals surface area contributed by atoms with Crippen LogP contribution in [0.15, 0.2) is 0 Å². The van der Waals surface area contributed by atoms with Crippen molar-refractivity contribution >= 4 is 12.1 Å². The first-order chi connectivity index (χ1) is 4.65. The van der Waals surface area contributed by atoms with E-state index in [1.165, 1.54) is 0 Å². The first-order valence-corrected chi connectivity index (χ1v) is 3.43. The third-order valence-corrected chi connectivity index (χ3v) is 2.21. The summed E-state index contributed by atoms with van der Waals surface area (Å²) in [6.45, 7) is 1.97. The second-order valence-electron chi connectivity index (χ2n) is 2.83. The third-order valence-electron chi connectivity index (χ3n) is 2.21. The van der Waals surface area contributed by atoms with Gasteiger partial charge in [0.25, 0.3) is 0 Å². The molecule has 0 unspecified atom stereocenters. The van der Waals surface area contributed by atoms with Crippen molar-refractivity contribution < 1.29 is 9.59 Å². The Morgan fingerprint density at radius 1 is 1.90 bits per heavy atom. The van der Waals surface area contributed by atoms with Crippen LogP contribution in [0.5, 0.6) is 0 Å². The van der Waals surface area contributed by atoms with Crippen LogP contribution in [-0.2, 0) is 9.59 Å². The molecule has 1 rings (SSSR count). The average Bonchev–Trinajstić information content (AvgIpc) is 2.61. The molecule has 1 aliphatic rings. The van der Waals surface area contributed by atoms with Crippen LogP contribution in [0.1, 0.15) is 19.8 Å². The highest BCUT2D eigenvalue weighted by molar-refractivity contribution is 6.30. The van der Waals surface area contributed by atoms with Crippen molar-refractivity contribution in [2.24, 2.45) is 11.7 Å². The van der Waals surface area contributed by atoms with Crippen molar-refractivity contribution in [1.29, 1.82) is 0 Å². The van der Waals surface area contributed by atoms with Gasteiger partial charge in [0.05, 0.1) is 5.54 Å². The molecule has 3 nitrogen and oxygen atoms in total. The first-order valence-electron chi connectivity index (χ1n) is 3.43. The molecule has 2 N–H and O–H groups in total. The number of aldehydes is 1. The summed E-state index contributed by atoms with van der Waals surface area (Å²) >= 11 is 0. The fourth-order valence-corrected chi connectivity index (χ4v) is 1.27. The Balaban J connectivity index is 2.58. The summed E-state index contributed by atoms with van der Waals surface area (Å²) in [6.07, 6.45) is 1.90. The summed E-state index contributed by atoms with van der Waals surface area (Å²) in [6, 6.07) is 0. The maximum Gasteiger partial charge on any atom is 0.215 e.